The zero-order chi connectivity index (χ0) is 26.1. The summed E-state index contributed by atoms with van der Waals surface area (Å²) in [5.74, 6) is 0.127. The molecule has 0 aliphatic heterocycles. The van der Waals surface area contributed by atoms with Gasteiger partial charge in [0.1, 0.15) is 18.1 Å². The molecule has 3 aromatic carbocycles. The van der Waals surface area contributed by atoms with Crippen LogP contribution >= 0.6 is 0 Å². The molecule has 0 bridgehead atoms. The van der Waals surface area contributed by atoms with Gasteiger partial charge in [0.2, 0.25) is 10.0 Å². The number of anilines is 1. The first-order chi connectivity index (χ1) is 17.2. The monoisotopic (exact) mass is 514 g/mol. The molecule has 36 heavy (non-hydrogen) atoms. The number of rotatable bonds is 12. The normalized spacial score (nSPS) is 12.1. The molecule has 3 aromatic rings. The van der Waals surface area contributed by atoms with Crippen molar-refractivity contribution in [1.29, 1.82) is 0 Å². The molecule has 0 radical (unpaired) electrons. The molecule has 0 saturated carbocycles. The van der Waals surface area contributed by atoms with Gasteiger partial charge in [0.25, 0.3) is 0 Å². The second-order valence-electron chi connectivity index (χ2n) is 8.04. The fraction of sp³-hybridized carbons (Fsp3) is 0.269. The maximum atomic E-state index is 11.8. The van der Waals surface area contributed by atoms with Crippen LogP contribution in [0.25, 0.3) is 11.1 Å². The van der Waals surface area contributed by atoms with E-state index in [1.54, 1.807) is 19.1 Å². The number of nitrogens with one attached hydrogen (secondary N) is 2. The highest BCUT2D eigenvalue weighted by Crippen LogP contribution is 2.28. The maximum Gasteiger partial charge on any atom is 0.338 e. The van der Waals surface area contributed by atoms with E-state index in [1.165, 1.54) is 18.2 Å². The van der Waals surface area contributed by atoms with Crippen molar-refractivity contribution in [3.05, 3.63) is 77.9 Å². The van der Waals surface area contributed by atoms with E-state index in [4.69, 9.17) is 9.47 Å². The van der Waals surface area contributed by atoms with Crippen LogP contribution in [0.5, 0.6) is 11.5 Å². The minimum atomic E-state index is -3.56. The van der Waals surface area contributed by atoms with E-state index in [9.17, 15) is 23.4 Å². The van der Waals surface area contributed by atoms with Crippen molar-refractivity contribution >= 4 is 21.7 Å². The van der Waals surface area contributed by atoms with Crippen LogP contribution in [0.4, 0.5) is 5.69 Å². The van der Waals surface area contributed by atoms with Crippen molar-refractivity contribution in [2.45, 2.75) is 13.0 Å². The number of hydrogen-bond acceptors (Lipinski definition) is 8. The molecular formula is C26H30N2O7S. The lowest BCUT2D eigenvalue weighted by Gasteiger charge is -2.15. The summed E-state index contributed by atoms with van der Waals surface area (Å²) in [5, 5.41) is 23.3. The molecule has 0 saturated heterocycles. The van der Waals surface area contributed by atoms with E-state index in [1.807, 2.05) is 36.4 Å². The highest BCUT2D eigenvalue weighted by molar-refractivity contribution is 7.92. The number of ether oxygens (including phenoxy) is 2. The van der Waals surface area contributed by atoms with Crippen LogP contribution in [0.1, 0.15) is 28.9 Å². The average Bonchev–Trinajstić information content (AvgIpc) is 2.85. The molecule has 0 amide bonds. The molecule has 1 unspecified atom stereocenters. The van der Waals surface area contributed by atoms with Crippen LogP contribution < -0.4 is 14.8 Å². The third-order valence-electron chi connectivity index (χ3n) is 5.17. The Labute approximate surface area is 210 Å². The summed E-state index contributed by atoms with van der Waals surface area (Å²) in [4.78, 5) is 11.8. The number of hydrogen-bond donors (Lipinski definition) is 4. The van der Waals surface area contributed by atoms with Crippen LogP contribution in [-0.2, 0) is 14.8 Å². The van der Waals surface area contributed by atoms with Crippen molar-refractivity contribution in [1.82, 2.24) is 5.32 Å². The summed E-state index contributed by atoms with van der Waals surface area (Å²) in [6.07, 6.45) is 0.0789. The molecule has 0 aliphatic rings. The summed E-state index contributed by atoms with van der Waals surface area (Å²) in [5.41, 5.74) is 2.93. The van der Waals surface area contributed by atoms with Crippen molar-refractivity contribution < 1.29 is 32.9 Å². The highest BCUT2D eigenvalue weighted by Gasteiger charge is 2.13. The van der Waals surface area contributed by atoms with Gasteiger partial charge in [0.15, 0.2) is 0 Å². The quantitative estimate of drug-likeness (QED) is 0.164. The average molecular weight is 515 g/mol. The Morgan fingerprint density at radius 2 is 1.64 bits per heavy atom. The third-order valence-corrected chi connectivity index (χ3v) is 5.76. The van der Waals surface area contributed by atoms with Crippen molar-refractivity contribution in [3.8, 4) is 22.6 Å². The number of carbonyl (C=O) groups excluding carboxylic acids is 1. The molecule has 1 atom stereocenters. The molecule has 0 heterocycles. The van der Waals surface area contributed by atoms with E-state index >= 15 is 0 Å². The lowest BCUT2D eigenvalue weighted by atomic mass is 10.0. The van der Waals surface area contributed by atoms with Gasteiger partial charge < -0.3 is 25.0 Å². The molecule has 192 valence electrons. The molecule has 4 N–H and O–H groups in total. The summed E-state index contributed by atoms with van der Waals surface area (Å²) in [6.45, 7) is 3.17. The number of aromatic hydroxyl groups is 1. The number of esters is 1. The van der Waals surface area contributed by atoms with E-state index in [2.05, 4.69) is 10.0 Å². The number of benzene rings is 3. The minimum Gasteiger partial charge on any atom is -0.506 e. The largest absolute Gasteiger partial charge is 0.506 e. The Kier molecular flexibility index (Phi) is 9.29. The van der Waals surface area contributed by atoms with E-state index in [-0.39, 0.29) is 24.0 Å². The lowest BCUT2D eigenvalue weighted by molar-refractivity contribution is 0.0526. The minimum absolute atomic E-state index is 0.00997. The molecule has 3 rings (SSSR count). The van der Waals surface area contributed by atoms with Crippen molar-refractivity contribution in [3.63, 3.8) is 0 Å². The number of phenols is 1. The maximum absolute atomic E-state index is 11.8. The predicted octanol–water partition coefficient (Wildman–Crippen LogP) is 3.31. The van der Waals surface area contributed by atoms with Crippen LogP contribution in [0, 0.1) is 0 Å². The Morgan fingerprint density at radius 3 is 2.25 bits per heavy atom. The molecular weight excluding hydrogens is 484 g/mol. The van der Waals surface area contributed by atoms with Crippen molar-refractivity contribution in [2.24, 2.45) is 0 Å². The number of aliphatic hydroxyl groups excluding tert-OH is 1. The Bertz CT molecular complexity index is 1260. The summed E-state index contributed by atoms with van der Waals surface area (Å²) >= 11 is 0. The molecule has 0 fully saturated rings. The zero-order valence-corrected chi connectivity index (χ0v) is 20.9. The number of carbonyl (C=O) groups is 1. The van der Waals surface area contributed by atoms with Gasteiger partial charge in [-0.2, -0.15) is 0 Å². The first-order valence-corrected chi connectivity index (χ1v) is 13.3. The van der Waals surface area contributed by atoms with Crippen molar-refractivity contribution in [2.75, 3.05) is 37.3 Å². The van der Waals surface area contributed by atoms with E-state index < -0.39 is 16.1 Å². The Balaban J connectivity index is 1.44. The zero-order valence-electron chi connectivity index (χ0n) is 20.1. The Hall–Kier alpha value is -3.60. The van der Waals surface area contributed by atoms with E-state index in [0.29, 0.717) is 36.6 Å². The van der Waals surface area contributed by atoms with Gasteiger partial charge in [-0.05, 0) is 60.0 Å². The lowest BCUT2D eigenvalue weighted by Crippen LogP contribution is -2.26. The van der Waals surface area contributed by atoms with E-state index in [0.717, 1.165) is 17.4 Å². The second-order valence-corrected chi connectivity index (χ2v) is 9.79. The van der Waals surface area contributed by atoms with Gasteiger partial charge in [-0.1, -0.05) is 30.3 Å². The van der Waals surface area contributed by atoms with Crippen LogP contribution in [-0.4, -0.2) is 57.2 Å². The standard InChI is InChI=1S/C26H30N2O7S/c1-3-34-26(31)20-6-4-18(5-7-20)19-8-11-22(12-9-19)35-15-14-27-17-25(30)21-10-13-24(29)23(16-21)28-36(2,32)33/h4-13,16,25,27-30H,3,14-15,17H2,1-2H3. The van der Waals surface area contributed by atoms with Gasteiger partial charge >= 0.3 is 5.97 Å². The first kappa shape index (κ1) is 27.0. The SMILES string of the molecule is CCOC(=O)c1ccc(-c2ccc(OCCNCC(O)c3ccc(O)c(NS(C)(=O)=O)c3)cc2)cc1. The van der Waals surface area contributed by atoms with Gasteiger partial charge in [-0.3, -0.25) is 4.72 Å². The van der Waals surface area contributed by atoms with Gasteiger partial charge in [-0.25, -0.2) is 13.2 Å². The van der Waals surface area contributed by atoms with Crippen LogP contribution in [0.3, 0.4) is 0 Å². The molecule has 10 heteroatoms. The van der Waals surface area contributed by atoms with Crippen LogP contribution in [0.15, 0.2) is 66.7 Å². The molecule has 0 aliphatic carbocycles. The van der Waals surface area contributed by atoms with Crippen LogP contribution in [0.2, 0.25) is 0 Å². The number of phenolic OH excluding ortho intramolecular Hbond substituents is 1. The smallest absolute Gasteiger partial charge is 0.338 e. The highest BCUT2D eigenvalue weighted by atomic mass is 32.2. The second kappa shape index (κ2) is 12.4. The van der Waals surface area contributed by atoms with Gasteiger partial charge in [0.05, 0.1) is 30.2 Å². The summed E-state index contributed by atoms with van der Waals surface area (Å²) < 4.78 is 35.8. The summed E-state index contributed by atoms with van der Waals surface area (Å²) in [6, 6.07) is 19.0. The molecule has 0 aromatic heterocycles. The first-order valence-electron chi connectivity index (χ1n) is 11.4. The fourth-order valence-corrected chi connectivity index (χ4v) is 3.96. The number of sulfonamides is 1. The topological polar surface area (TPSA) is 134 Å². The summed E-state index contributed by atoms with van der Waals surface area (Å²) in [7, 11) is -3.56. The predicted molar refractivity (Wildman–Crippen MR) is 138 cm³/mol. The molecule has 9 nitrogen and oxygen atoms in total. The third kappa shape index (κ3) is 7.98. The number of aliphatic hydroxyl groups is 1. The Morgan fingerprint density at radius 1 is 1.00 bits per heavy atom. The van der Waals surface area contributed by atoms with Gasteiger partial charge in [-0.15, -0.1) is 0 Å². The van der Waals surface area contributed by atoms with Gasteiger partial charge in [0, 0.05) is 13.1 Å². The fourth-order valence-electron chi connectivity index (χ4n) is 3.40. The molecule has 0 spiro atoms.